The molecule has 2 atom stereocenters. The highest BCUT2D eigenvalue weighted by Gasteiger charge is 2.33. The fraction of sp³-hybridized carbons (Fsp3) is 0.833. The summed E-state index contributed by atoms with van der Waals surface area (Å²) in [6.45, 7) is 7.02. The fourth-order valence-corrected chi connectivity index (χ4v) is 2.94. The molecule has 0 aliphatic rings. The van der Waals surface area contributed by atoms with Crippen molar-refractivity contribution in [2.75, 3.05) is 6.54 Å². The molecule has 0 fully saturated rings. The van der Waals surface area contributed by atoms with Gasteiger partial charge in [-0.25, -0.2) is 8.42 Å². The Hall–Kier alpha value is -1.11. The number of amides is 1. The van der Waals surface area contributed by atoms with Crippen LogP contribution in [0.5, 0.6) is 0 Å². The molecule has 0 aromatic heterocycles. The minimum Gasteiger partial charge on any atom is -0.481 e. The van der Waals surface area contributed by atoms with Gasteiger partial charge in [-0.05, 0) is 26.2 Å². The van der Waals surface area contributed by atoms with Crippen molar-refractivity contribution in [1.82, 2.24) is 5.32 Å². The van der Waals surface area contributed by atoms with E-state index in [0.29, 0.717) is 12.5 Å². The average molecular weight is 293 g/mol. The first-order valence-electron chi connectivity index (χ1n) is 6.31. The first-order valence-corrected chi connectivity index (χ1v) is 7.92. The maximum atomic E-state index is 12.0. The van der Waals surface area contributed by atoms with Crippen LogP contribution in [0, 0.1) is 5.92 Å². The van der Waals surface area contributed by atoms with Crippen molar-refractivity contribution in [1.29, 1.82) is 0 Å². The van der Waals surface area contributed by atoms with Crippen molar-refractivity contribution >= 4 is 21.7 Å². The Balaban J connectivity index is 4.57. The van der Waals surface area contributed by atoms with Crippen LogP contribution in [0.3, 0.4) is 0 Å². The highest BCUT2D eigenvalue weighted by molar-refractivity contribution is 7.93. The number of carboxylic acid groups (broad SMARTS) is 1. The maximum absolute atomic E-state index is 12.0. The van der Waals surface area contributed by atoms with Crippen molar-refractivity contribution in [2.24, 2.45) is 5.92 Å². The van der Waals surface area contributed by atoms with Gasteiger partial charge in [-0.1, -0.05) is 13.8 Å². The van der Waals surface area contributed by atoms with Crippen LogP contribution in [0.25, 0.3) is 0 Å². The molecule has 0 aliphatic heterocycles. The van der Waals surface area contributed by atoms with Gasteiger partial charge in [-0.2, -0.15) is 0 Å². The molecular weight excluding hydrogens is 270 g/mol. The maximum Gasteiger partial charge on any atom is 0.304 e. The Bertz CT molecular complexity index is 416. The summed E-state index contributed by atoms with van der Waals surface area (Å²) in [5.74, 6) is -1.35. The molecule has 2 N–H and O–H groups in total. The Morgan fingerprint density at radius 2 is 1.68 bits per heavy atom. The van der Waals surface area contributed by atoms with E-state index in [1.165, 1.54) is 13.8 Å². The minimum absolute atomic E-state index is 0.415. The summed E-state index contributed by atoms with van der Waals surface area (Å²) in [4.78, 5) is 22.3. The second-order valence-corrected chi connectivity index (χ2v) is 7.80. The van der Waals surface area contributed by atoms with Crippen molar-refractivity contribution in [3.63, 3.8) is 0 Å². The second kappa shape index (κ2) is 7.47. The number of carboxylic acids is 1. The molecule has 0 aromatic rings. The molecular formula is C12H23NO5S. The van der Waals surface area contributed by atoms with Gasteiger partial charge in [-0.3, -0.25) is 9.59 Å². The van der Waals surface area contributed by atoms with Crippen molar-refractivity contribution < 1.29 is 23.1 Å². The SMILES string of the molecule is CC(C)CCNC(=O)C(C)S(=O)(=O)C(C)CC(=O)O. The number of carbonyl (C=O) groups excluding carboxylic acids is 1. The standard InChI is InChI=1S/C12H23NO5S/c1-8(2)5-6-13-12(16)10(4)19(17,18)9(3)7-11(14)15/h8-10H,5-7H2,1-4H3,(H,13,16)(H,14,15). The van der Waals surface area contributed by atoms with Gasteiger partial charge in [0.1, 0.15) is 5.25 Å². The van der Waals surface area contributed by atoms with E-state index < -0.39 is 38.6 Å². The lowest BCUT2D eigenvalue weighted by atomic mass is 10.1. The van der Waals surface area contributed by atoms with Crippen LogP contribution < -0.4 is 5.32 Å². The molecule has 0 aromatic carbocycles. The molecule has 0 saturated heterocycles. The van der Waals surface area contributed by atoms with E-state index in [1.54, 1.807) is 0 Å². The zero-order chi connectivity index (χ0) is 15.2. The van der Waals surface area contributed by atoms with Crippen LogP contribution in [0.15, 0.2) is 0 Å². The quantitative estimate of drug-likeness (QED) is 0.690. The van der Waals surface area contributed by atoms with Gasteiger partial charge in [0.15, 0.2) is 9.84 Å². The first-order chi connectivity index (χ1) is 8.59. The summed E-state index contributed by atoms with van der Waals surface area (Å²) in [5, 5.41) is 8.87. The molecule has 19 heavy (non-hydrogen) atoms. The van der Waals surface area contributed by atoms with Gasteiger partial charge in [0.2, 0.25) is 5.91 Å². The summed E-state index contributed by atoms with van der Waals surface area (Å²) >= 11 is 0. The molecule has 0 radical (unpaired) electrons. The van der Waals surface area contributed by atoms with E-state index >= 15 is 0 Å². The molecule has 6 nitrogen and oxygen atoms in total. The monoisotopic (exact) mass is 293 g/mol. The van der Waals surface area contributed by atoms with Crippen LogP contribution >= 0.6 is 0 Å². The van der Waals surface area contributed by atoms with Crippen LogP contribution in [-0.2, 0) is 19.4 Å². The highest BCUT2D eigenvalue weighted by atomic mass is 32.2. The Morgan fingerprint density at radius 3 is 2.11 bits per heavy atom. The number of rotatable bonds is 8. The van der Waals surface area contributed by atoms with Gasteiger partial charge in [0, 0.05) is 6.54 Å². The number of hydrogen-bond donors (Lipinski definition) is 2. The van der Waals surface area contributed by atoms with Crippen LogP contribution in [0.1, 0.15) is 40.5 Å². The number of hydrogen-bond acceptors (Lipinski definition) is 4. The van der Waals surface area contributed by atoms with Gasteiger partial charge in [-0.15, -0.1) is 0 Å². The van der Waals surface area contributed by atoms with Crippen molar-refractivity contribution in [2.45, 2.75) is 51.0 Å². The molecule has 0 rings (SSSR count). The lowest BCUT2D eigenvalue weighted by molar-refractivity contribution is -0.137. The predicted molar refractivity (Wildman–Crippen MR) is 72.6 cm³/mol. The van der Waals surface area contributed by atoms with E-state index in [-0.39, 0.29) is 0 Å². The van der Waals surface area contributed by atoms with Crippen LogP contribution in [0.2, 0.25) is 0 Å². The number of aliphatic carboxylic acids is 1. The molecule has 0 heterocycles. The van der Waals surface area contributed by atoms with E-state index in [9.17, 15) is 18.0 Å². The number of carbonyl (C=O) groups is 2. The molecule has 0 bridgehead atoms. The first kappa shape index (κ1) is 17.9. The number of nitrogens with one attached hydrogen (secondary N) is 1. The van der Waals surface area contributed by atoms with Crippen molar-refractivity contribution in [3.05, 3.63) is 0 Å². The third-order valence-electron chi connectivity index (χ3n) is 2.91. The average Bonchev–Trinajstić information content (AvgIpc) is 2.26. The van der Waals surface area contributed by atoms with Crippen LogP contribution in [0.4, 0.5) is 0 Å². The zero-order valence-electron chi connectivity index (χ0n) is 11.8. The Labute approximate surface area is 114 Å². The van der Waals surface area contributed by atoms with Crippen LogP contribution in [-0.4, -0.2) is 42.4 Å². The topological polar surface area (TPSA) is 101 Å². The van der Waals surface area contributed by atoms with Gasteiger partial charge >= 0.3 is 5.97 Å². The van der Waals surface area contributed by atoms with E-state index in [2.05, 4.69) is 5.32 Å². The van der Waals surface area contributed by atoms with E-state index in [4.69, 9.17) is 5.11 Å². The highest BCUT2D eigenvalue weighted by Crippen LogP contribution is 2.13. The largest absolute Gasteiger partial charge is 0.481 e. The molecule has 1 amide bonds. The lowest BCUT2D eigenvalue weighted by Crippen LogP contribution is -2.42. The summed E-state index contributed by atoms with van der Waals surface area (Å²) < 4.78 is 24.0. The van der Waals surface area contributed by atoms with Crippen molar-refractivity contribution in [3.8, 4) is 0 Å². The van der Waals surface area contributed by atoms with Gasteiger partial charge in [0.25, 0.3) is 0 Å². The Kier molecular flexibility index (Phi) is 7.04. The molecule has 0 spiro atoms. The van der Waals surface area contributed by atoms with E-state index in [0.717, 1.165) is 6.42 Å². The Morgan fingerprint density at radius 1 is 1.16 bits per heavy atom. The van der Waals surface area contributed by atoms with E-state index in [1.807, 2.05) is 13.8 Å². The second-order valence-electron chi connectivity index (χ2n) is 5.11. The molecule has 2 unspecified atom stereocenters. The minimum atomic E-state index is -3.78. The molecule has 112 valence electrons. The molecule has 0 saturated carbocycles. The summed E-state index contributed by atoms with van der Waals surface area (Å²) in [7, 11) is -3.78. The summed E-state index contributed by atoms with van der Waals surface area (Å²) in [5.41, 5.74) is 0. The molecule has 7 heteroatoms. The third-order valence-corrected chi connectivity index (χ3v) is 5.39. The normalized spacial score (nSPS) is 15.0. The summed E-state index contributed by atoms with van der Waals surface area (Å²) in [6.07, 6.45) is 0.273. The van der Waals surface area contributed by atoms with Gasteiger partial charge in [0.05, 0.1) is 11.7 Å². The summed E-state index contributed by atoms with van der Waals surface area (Å²) in [6, 6.07) is 0. The lowest BCUT2D eigenvalue weighted by Gasteiger charge is -2.17. The third kappa shape index (κ3) is 6.04. The smallest absolute Gasteiger partial charge is 0.304 e. The zero-order valence-corrected chi connectivity index (χ0v) is 12.7. The fourth-order valence-electron chi connectivity index (χ4n) is 1.49. The predicted octanol–water partition coefficient (Wildman–Crippen LogP) is 0.815. The molecule has 0 aliphatic carbocycles. The number of sulfone groups is 1. The van der Waals surface area contributed by atoms with Gasteiger partial charge < -0.3 is 10.4 Å².